The standard InChI is InChI=1S/C15H15N5O3/c1-15(11-6-4-3-5-7-11)13(22)20(14(23)17-15)18-12(21)10-8-16-19(2)9-10/h3-9H,1-2H3,(H,17,23)(H,18,21)/t15-/m1/s1. The molecule has 0 unspecified atom stereocenters. The Morgan fingerprint density at radius 1 is 1.26 bits per heavy atom. The highest BCUT2D eigenvalue weighted by Crippen LogP contribution is 2.27. The molecule has 1 fully saturated rings. The summed E-state index contributed by atoms with van der Waals surface area (Å²) in [7, 11) is 1.66. The number of amides is 4. The fourth-order valence-electron chi connectivity index (χ4n) is 2.41. The second-order valence-electron chi connectivity index (χ2n) is 5.41. The van der Waals surface area contributed by atoms with Crippen molar-refractivity contribution in [1.29, 1.82) is 0 Å². The predicted octanol–water partition coefficient (Wildman–Crippen LogP) is 0.532. The molecule has 0 radical (unpaired) electrons. The molecule has 2 N–H and O–H groups in total. The van der Waals surface area contributed by atoms with Crippen molar-refractivity contribution in [3.8, 4) is 0 Å². The molecule has 8 nitrogen and oxygen atoms in total. The third-order valence-electron chi connectivity index (χ3n) is 3.72. The molecule has 2 aromatic rings. The number of nitrogens with one attached hydrogen (secondary N) is 2. The zero-order chi connectivity index (χ0) is 16.6. The van der Waals surface area contributed by atoms with Crippen molar-refractivity contribution in [3.63, 3.8) is 0 Å². The number of benzene rings is 1. The summed E-state index contributed by atoms with van der Waals surface area (Å²) in [5, 5.41) is 7.19. The summed E-state index contributed by atoms with van der Waals surface area (Å²) in [5.74, 6) is -1.13. The van der Waals surface area contributed by atoms with Crippen molar-refractivity contribution in [2.75, 3.05) is 0 Å². The van der Waals surface area contributed by atoms with Gasteiger partial charge < -0.3 is 5.32 Å². The average molecular weight is 313 g/mol. The molecular formula is C15H15N5O3. The van der Waals surface area contributed by atoms with Gasteiger partial charge in [0.1, 0.15) is 5.54 Å². The van der Waals surface area contributed by atoms with Crippen molar-refractivity contribution in [1.82, 2.24) is 25.5 Å². The largest absolute Gasteiger partial charge is 0.344 e. The van der Waals surface area contributed by atoms with Crippen LogP contribution in [-0.4, -0.2) is 32.6 Å². The quantitative estimate of drug-likeness (QED) is 0.808. The maximum absolute atomic E-state index is 12.6. The molecule has 0 spiro atoms. The molecule has 0 aliphatic carbocycles. The minimum atomic E-state index is -1.22. The lowest BCUT2D eigenvalue weighted by Gasteiger charge is -2.21. The normalized spacial score (nSPS) is 20.5. The molecule has 1 aromatic heterocycles. The predicted molar refractivity (Wildman–Crippen MR) is 79.8 cm³/mol. The van der Waals surface area contributed by atoms with Crippen LogP contribution in [0.1, 0.15) is 22.8 Å². The van der Waals surface area contributed by atoms with Gasteiger partial charge in [0.25, 0.3) is 11.8 Å². The molecule has 4 amide bonds. The van der Waals surface area contributed by atoms with Crippen LogP contribution < -0.4 is 10.7 Å². The summed E-state index contributed by atoms with van der Waals surface area (Å²) in [5.41, 5.74) is 1.98. The van der Waals surface area contributed by atoms with E-state index in [9.17, 15) is 14.4 Å². The molecular weight excluding hydrogens is 298 g/mol. The Morgan fingerprint density at radius 2 is 1.96 bits per heavy atom. The average Bonchev–Trinajstić information content (AvgIpc) is 3.06. The zero-order valence-corrected chi connectivity index (χ0v) is 12.6. The van der Waals surface area contributed by atoms with Crippen LogP contribution >= 0.6 is 0 Å². The highest BCUT2D eigenvalue weighted by atomic mass is 16.2. The van der Waals surface area contributed by atoms with Crippen LogP contribution in [0.4, 0.5) is 4.79 Å². The Hall–Kier alpha value is -3.16. The van der Waals surface area contributed by atoms with E-state index < -0.39 is 23.4 Å². The van der Waals surface area contributed by atoms with Crippen molar-refractivity contribution < 1.29 is 14.4 Å². The molecule has 1 atom stereocenters. The van der Waals surface area contributed by atoms with E-state index in [0.29, 0.717) is 10.6 Å². The number of carbonyl (C=O) groups is 3. The summed E-state index contributed by atoms with van der Waals surface area (Å²) in [6.45, 7) is 1.60. The van der Waals surface area contributed by atoms with E-state index in [2.05, 4.69) is 15.8 Å². The number of aryl methyl sites for hydroxylation is 1. The van der Waals surface area contributed by atoms with Crippen LogP contribution in [-0.2, 0) is 17.4 Å². The Labute approximate surface area is 132 Å². The summed E-state index contributed by atoms with van der Waals surface area (Å²) in [6, 6.07) is 8.16. The van der Waals surface area contributed by atoms with E-state index in [1.54, 1.807) is 38.2 Å². The Balaban J connectivity index is 1.83. The summed E-state index contributed by atoms with van der Waals surface area (Å²) in [4.78, 5) is 36.8. The van der Waals surface area contributed by atoms with E-state index in [1.165, 1.54) is 17.1 Å². The molecule has 1 aliphatic heterocycles. The molecule has 0 bridgehead atoms. The minimum Gasteiger partial charge on any atom is -0.318 e. The van der Waals surface area contributed by atoms with Gasteiger partial charge in [0.05, 0.1) is 11.8 Å². The van der Waals surface area contributed by atoms with Crippen LogP contribution in [0.2, 0.25) is 0 Å². The lowest BCUT2D eigenvalue weighted by Crippen LogP contribution is -2.47. The number of hydrogen-bond acceptors (Lipinski definition) is 4. The van der Waals surface area contributed by atoms with Gasteiger partial charge in [-0.2, -0.15) is 10.1 Å². The highest BCUT2D eigenvalue weighted by Gasteiger charge is 2.50. The number of nitrogens with zero attached hydrogens (tertiary/aromatic N) is 3. The number of hydrazine groups is 1. The Morgan fingerprint density at radius 3 is 2.57 bits per heavy atom. The lowest BCUT2D eigenvalue weighted by atomic mass is 9.92. The minimum absolute atomic E-state index is 0.251. The third kappa shape index (κ3) is 2.44. The zero-order valence-electron chi connectivity index (χ0n) is 12.6. The third-order valence-corrected chi connectivity index (χ3v) is 3.72. The van der Waals surface area contributed by atoms with Gasteiger partial charge in [-0.05, 0) is 12.5 Å². The molecule has 2 heterocycles. The number of hydrogen-bond donors (Lipinski definition) is 2. The van der Waals surface area contributed by atoms with Crippen molar-refractivity contribution in [2.24, 2.45) is 7.05 Å². The van der Waals surface area contributed by atoms with Crippen LogP contribution in [0.3, 0.4) is 0 Å². The number of carbonyl (C=O) groups excluding carboxylic acids is 3. The number of rotatable bonds is 3. The van der Waals surface area contributed by atoms with Gasteiger partial charge in [-0.25, -0.2) is 4.79 Å². The topological polar surface area (TPSA) is 96.3 Å². The number of imide groups is 1. The number of urea groups is 1. The molecule has 23 heavy (non-hydrogen) atoms. The van der Waals surface area contributed by atoms with E-state index >= 15 is 0 Å². The highest BCUT2D eigenvalue weighted by molar-refractivity contribution is 6.09. The first-order chi connectivity index (χ1) is 10.9. The number of aromatic nitrogens is 2. The molecule has 1 aromatic carbocycles. The van der Waals surface area contributed by atoms with Gasteiger partial charge in [0.2, 0.25) is 0 Å². The van der Waals surface area contributed by atoms with Gasteiger partial charge in [-0.1, -0.05) is 30.3 Å². The van der Waals surface area contributed by atoms with E-state index in [4.69, 9.17) is 0 Å². The van der Waals surface area contributed by atoms with Gasteiger partial charge in [-0.3, -0.25) is 19.7 Å². The van der Waals surface area contributed by atoms with Gasteiger partial charge in [0, 0.05) is 13.2 Å². The fraction of sp³-hybridized carbons (Fsp3) is 0.200. The maximum atomic E-state index is 12.6. The van der Waals surface area contributed by atoms with Crippen LogP contribution in [0.5, 0.6) is 0 Å². The lowest BCUT2D eigenvalue weighted by molar-refractivity contribution is -0.132. The fourth-order valence-corrected chi connectivity index (χ4v) is 2.41. The smallest absolute Gasteiger partial charge is 0.318 e. The van der Waals surface area contributed by atoms with Crippen molar-refractivity contribution >= 4 is 17.8 Å². The van der Waals surface area contributed by atoms with E-state index in [0.717, 1.165) is 0 Å². The van der Waals surface area contributed by atoms with Gasteiger partial charge in [0.15, 0.2) is 0 Å². The molecule has 0 saturated carbocycles. The van der Waals surface area contributed by atoms with Crippen LogP contribution in [0.15, 0.2) is 42.7 Å². The van der Waals surface area contributed by atoms with Crippen LogP contribution in [0.25, 0.3) is 0 Å². The van der Waals surface area contributed by atoms with Crippen molar-refractivity contribution in [3.05, 3.63) is 53.9 Å². The second-order valence-corrected chi connectivity index (χ2v) is 5.41. The monoisotopic (exact) mass is 313 g/mol. The maximum Gasteiger partial charge on any atom is 0.344 e. The van der Waals surface area contributed by atoms with E-state index in [-0.39, 0.29) is 5.56 Å². The van der Waals surface area contributed by atoms with Crippen molar-refractivity contribution in [2.45, 2.75) is 12.5 Å². The summed E-state index contributed by atoms with van der Waals surface area (Å²) >= 11 is 0. The Bertz CT molecular complexity index is 785. The molecule has 3 rings (SSSR count). The summed E-state index contributed by atoms with van der Waals surface area (Å²) in [6.07, 6.45) is 2.84. The molecule has 8 heteroatoms. The molecule has 118 valence electrons. The first kappa shape index (κ1) is 14.8. The SMILES string of the molecule is Cn1cc(C(=O)NN2C(=O)N[C@](C)(c3ccccc3)C2=O)cn1. The Kier molecular flexibility index (Phi) is 3.36. The molecule has 1 saturated heterocycles. The van der Waals surface area contributed by atoms with Gasteiger partial charge in [-0.15, -0.1) is 0 Å². The molecule has 1 aliphatic rings. The first-order valence-electron chi connectivity index (χ1n) is 6.93. The first-order valence-corrected chi connectivity index (χ1v) is 6.93. The van der Waals surface area contributed by atoms with E-state index in [1.807, 2.05) is 6.07 Å². The summed E-state index contributed by atoms with van der Waals surface area (Å²) < 4.78 is 1.45. The van der Waals surface area contributed by atoms with Gasteiger partial charge >= 0.3 is 6.03 Å². The van der Waals surface area contributed by atoms with Crippen LogP contribution in [0, 0.1) is 0 Å². The second kappa shape index (κ2) is 5.24.